The van der Waals surface area contributed by atoms with Crippen molar-refractivity contribution in [1.29, 1.82) is 0 Å². The molecule has 4 rings (SSSR count). The molecule has 30 heavy (non-hydrogen) atoms. The van der Waals surface area contributed by atoms with E-state index in [0.717, 1.165) is 9.75 Å². The van der Waals surface area contributed by atoms with Crippen LogP contribution in [0.4, 0.5) is 0 Å². The van der Waals surface area contributed by atoms with Crippen LogP contribution in [0.5, 0.6) is 5.75 Å². The van der Waals surface area contributed by atoms with Gasteiger partial charge in [-0.1, -0.05) is 24.3 Å². The number of nitrogens with zero attached hydrogens (tertiary/aromatic N) is 1. The molecule has 1 fully saturated rings. The van der Waals surface area contributed by atoms with E-state index >= 15 is 0 Å². The average Bonchev–Trinajstić information content (AvgIpc) is 3.46. The summed E-state index contributed by atoms with van der Waals surface area (Å²) < 4.78 is 5.71. The molecule has 0 saturated carbocycles. The zero-order chi connectivity index (χ0) is 21.3. The van der Waals surface area contributed by atoms with Gasteiger partial charge in [0.2, 0.25) is 0 Å². The Morgan fingerprint density at radius 1 is 1.10 bits per heavy atom. The number of amides is 1. The lowest BCUT2D eigenvalue weighted by atomic mass is 9.99. The van der Waals surface area contributed by atoms with E-state index in [1.807, 2.05) is 48.9 Å². The monoisotopic (exact) mass is 439 g/mol. The first-order valence-electron chi connectivity index (χ1n) is 9.57. The number of hydrogen-bond acceptors (Lipinski definition) is 6. The number of aliphatic hydroxyl groups excluding tert-OH is 1. The van der Waals surface area contributed by atoms with Crippen LogP contribution in [0.1, 0.15) is 35.2 Å². The number of thiophene rings is 2. The molecule has 1 atom stereocenters. The molecule has 1 aromatic carbocycles. The molecule has 0 aliphatic carbocycles. The van der Waals surface area contributed by atoms with Crippen molar-refractivity contribution in [2.24, 2.45) is 0 Å². The van der Waals surface area contributed by atoms with Crippen LogP contribution in [0, 0.1) is 0 Å². The van der Waals surface area contributed by atoms with Crippen LogP contribution in [0.25, 0.3) is 5.76 Å². The molecule has 0 spiro atoms. The van der Waals surface area contributed by atoms with Gasteiger partial charge < -0.3 is 14.7 Å². The summed E-state index contributed by atoms with van der Waals surface area (Å²) in [6, 6.07) is 13.9. The Labute approximate surface area is 182 Å². The lowest BCUT2D eigenvalue weighted by molar-refractivity contribution is -0.140. The van der Waals surface area contributed by atoms with Crippen LogP contribution in [0.3, 0.4) is 0 Å². The molecule has 0 radical (unpaired) electrons. The number of Topliss-reactive ketones (excluding diaryl/α,β-unsaturated/α-hetero) is 1. The molecule has 1 N–H and O–H groups in total. The Bertz CT molecular complexity index is 1080. The Hall–Kier alpha value is -2.90. The van der Waals surface area contributed by atoms with Gasteiger partial charge in [-0.05, 0) is 48.9 Å². The summed E-state index contributed by atoms with van der Waals surface area (Å²) in [5, 5.41) is 14.9. The summed E-state index contributed by atoms with van der Waals surface area (Å²) in [4.78, 5) is 29.3. The van der Waals surface area contributed by atoms with Gasteiger partial charge in [-0.15, -0.1) is 22.7 Å². The van der Waals surface area contributed by atoms with E-state index in [0.29, 0.717) is 17.9 Å². The van der Waals surface area contributed by atoms with Gasteiger partial charge in [-0.3, -0.25) is 9.59 Å². The Balaban J connectivity index is 1.80. The van der Waals surface area contributed by atoms with Crippen molar-refractivity contribution in [2.75, 3.05) is 0 Å². The molecule has 0 bridgehead atoms. The molecule has 1 aliphatic heterocycles. The second-order valence-corrected chi connectivity index (χ2v) is 9.23. The lowest BCUT2D eigenvalue weighted by Crippen LogP contribution is -2.28. The van der Waals surface area contributed by atoms with E-state index in [4.69, 9.17) is 4.74 Å². The Morgan fingerprint density at radius 2 is 1.87 bits per heavy atom. The van der Waals surface area contributed by atoms with Crippen molar-refractivity contribution < 1.29 is 19.4 Å². The number of aliphatic hydroxyl groups is 1. The summed E-state index contributed by atoms with van der Waals surface area (Å²) in [5.41, 5.74) is 0.560. The van der Waals surface area contributed by atoms with Gasteiger partial charge in [0.05, 0.1) is 18.2 Å². The fourth-order valence-corrected chi connectivity index (χ4v) is 5.05. The Morgan fingerprint density at radius 3 is 2.53 bits per heavy atom. The third kappa shape index (κ3) is 3.91. The smallest absolute Gasteiger partial charge is 0.296 e. The maximum absolute atomic E-state index is 13.0. The molecule has 1 saturated heterocycles. The second-order valence-electron chi connectivity index (χ2n) is 7.22. The number of carbonyl (C=O) groups excluding carboxylic acids is 2. The van der Waals surface area contributed by atoms with E-state index < -0.39 is 17.7 Å². The summed E-state index contributed by atoms with van der Waals surface area (Å²) in [7, 11) is 0. The predicted molar refractivity (Wildman–Crippen MR) is 119 cm³/mol. The number of ketones is 1. The van der Waals surface area contributed by atoms with Crippen molar-refractivity contribution in [2.45, 2.75) is 32.5 Å². The van der Waals surface area contributed by atoms with Crippen LogP contribution in [0.2, 0.25) is 0 Å². The van der Waals surface area contributed by atoms with Gasteiger partial charge in [0.1, 0.15) is 17.6 Å². The van der Waals surface area contributed by atoms with Crippen molar-refractivity contribution >= 4 is 40.1 Å². The fourth-order valence-electron chi connectivity index (χ4n) is 3.50. The number of likely N-dealkylation sites (tertiary alicyclic amines) is 1. The number of benzene rings is 1. The van der Waals surface area contributed by atoms with Gasteiger partial charge in [-0.2, -0.15) is 0 Å². The first kappa shape index (κ1) is 20.4. The summed E-state index contributed by atoms with van der Waals surface area (Å²) in [5.74, 6) is -0.861. The highest BCUT2D eigenvalue weighted by molar-refractivity contribution is 7.10. The van der Waals surface area contributed by atoms with Crippen LogP contribution in [0.15, 0.2) is 64.9 Å². The molecule has 154 valence electrons. The topological polar surface area (TPSA) is 66.8 Å². The van der Waals surface area contributed by atoms with Gasteiger partial charge in [-0.25, -0.2) is 0 Å². The second kappa shape index (κ2) is 8.45. The van der Waals surface area contributed by atoms with Crippen molar-refractivity contribution in [1.82, 2.24) is 4.90 Å². The lowest BCUT2D eigenvalue weighted by Gasteiger charge is -2.23. The van der Waals surface area contributed by atoms with Gasteiger partial charge in [0.25, 0.3) is 11.7 Å². The van der Waals surface area contributed by atoms with Crippen molar-refractivity contribution in [3.63, 3.8) is 0 Å². The first-order valence-corrected chi connectivity index (χ1v) is 11.3. The maximum atomic E-state index is 13.0. The number of carbonyl (C=O) groups is 2. The van der Waals surface area contributed by atoms with E-state index in [-0.39, 0.29) is 17.4 Å². The van der Waals surface area contributed by atoms with Gasteiger partial charge >= 0.3 is 0 Å². The molecular formula is C23H21NO4S2. The number of hydrogen-bond donors (Lipinski definition) is 1. The van der Waals surface area contributed by atoms with E-state index in [1.165, 1.54) is 22.7 Å². The number of rotatable bonds is 6. The largest absolute Gasteiger partial charge is 0.507 e. The molecule has 3 heterocycles. The Kier molecular flexibility index (Phi) is 5.74. The van der Waals surface area contributed by atoms with Gasteiger partial charge in [0, 0.05) is 15.3 Å². The van der Waals surface area contributed by atoms with E-state index in [1.54, 1.807) is 29.2 Å². The number of ether oxygens (including phenoxy) is 1. The zero-order valence-corrected chi connectivity index (χ0v) is 18.2. The summed E-state index contributed by atoms with van der Waals surface area (Å²) in [6.07, 6.45) is -0.0232. The standard InChI is InChI=1S/C23H21NO4S2/c1-14(2)28-16-7-3-6-15(12-16)21(25)19-20(18-9-5-11-30-18)24(23(27)22(19)26)13-17-8-4-10-29-17/h3-12,14,20,25H,13H2,1-2H3/b21-19-. The third-order valence-corrected chi connectivity index (χ3v) is 6.52. The van der Waals surface area contributed by atoms with E-state index in [9.17, 15) is 14.7 Å². The highest BCUT2D eigenvalue weighted by atomic mass is 32.1. The zero-order valence-electron chi connectivity index (χ0n) is 16.6. The molecule has 1 amide bonds. The molecular weight excluding hydrogens is 418 g/mol. The quantitative estimate of drug-likeness (QED) is 0.325. The van der Waals surface area contributed by atoms with Crippen LogP contribution >= 0.6 is 22.7 Å². The molecule has 1 aliphatic rings. The average molecular weight is 440 g/mol. The van der Waals surface area contributed by atoms with Crippen molar-refractivity contribution in [3.8, 4) is 5.75 Å². The molecule has 1 unspecified atom stereocenters. The van der Waals surface area contributed by atoms with Gasteiger partial charge in [0.15, 0.2) is 0 Å². The third-order valence-electron chi connectivity index (χ3n) is 4.74. The fraction of sp³-hybridized carbons (Fsp3) is 0.217. The minimum atomic E-state index is -0.669. The highest BCUT2D eigenvalue weighted by Gasteiger charge is 2.46. The summed E-state index contributed by atoms with van der Waals surface area (Å²) in [6.45, 7) is 4.15. The van der Waals surface area contributed by atoms with Crippen molar-refractivity contribution in [3.05, 3.63) is 80.2 Å². The SMILES string of the molecule is CC(C)Oc1cccc(/C(O)=C2/C(=O)C(=O)N(Cc3cccs3)C2c2cccs2)c1. The minimum absolute atomic E-state index is 0.0232. The summed E-state index contributed by atoms with van der Waals surface area (Å²) >= 11 is 2.98. The molecule has 3 aromatic rings. The van der Waals surface area contributed by atoms with E-state index in [2.05, 4.69) is 0 Å². The highest BCUT2D eigenvalue weighted by Crippen LogP contribution is 2.42. The first-order chi connectivity index (χ1) is 14.5. The molecule has 5 nitrogen and oxygen atoms in total. The normalized spacial score (nSPS) is 18.4. The van der Waals surface area contributed by atoms with Crippen LogP contribution in [-0.4, -0.2) is 27.8 Å². The molecule has 7 heteroatoms. The minimum Gasteiger partial charge on any atom is -0.507 e. The van der Waals surface area contributed by atoms with Crippen LogP contribution < -0.4 is 4.74 Å². The maximum Gasteiger partial charge on any atom is 0.296 e. The van der Waals surface area contributed by atoms with Crippen LogP contribution in [-0.2, 0) is 16.1 Å². The predicted octanol–water partition coefficient (Wildman–Crippen LogP) is 5.22. The molecule has 2 aromatic heterocycles.